The van der Waals surface area contributed by atoms with Gasteiger partial charge in [0.05, 0.1) is 40.2 Å². The van der Waals surface area contributed by atoms with Gasteiger partial charge in [0.2, 0.25) is 0 Å². The highest BCUT2D eigenvalue weighted by molar-refractivity contribution is 6.22. The Kier molecular flexibility index (Phi) is 10.4. The molecule has 0 spiro atoms. The van der Waals surface area contributed by atoms with Gasteiger partial charge in [-0.05, 0) is 122 Å². The molecule has 6 nitrogen and oxygen atoms in total. The monoisotopic (exact) mass is 1030 g/mol. The Hall–Kier alpha value is -9.65. The van der Waals surface area contributed by atoms with E-state index in [0.717, 1.165) is 94.7 Å². The predicted molar refractivity (Wildman–Crippen MR) is 336 cm³/mol. The van der Waals surface area contributed by atoms with Crippen molar-refractivity contribution in [2.75, 3.05) is 4.90 Å². The number of ether oxygens (including phenoxy) is 1. The second-order valence-electron chi connectivity index (χ2n) is 23.6. The van der Waals surface area contributed by atoms with E-state index < -0.39 is 0 Å². The Balaban J connectivity index is 0.895. The molecule has 15 rings (SSSR count). The topological polar surface area (TPSA) is 40.1 Å². The molecule has 80 heavy (non-hydrogen) atoms. The summed E-state index contributed by atoms with van der Waals surface area (Å²) in [5, 5.41) is 11.7. The fourth-order valence-electron chi connectivity index (χ4n) is 12.7. The summed E-state index contributed by atoms with van der Waals surface area (Å²) in [4.78, 5) is 7.48. The van der Waals surface area contributed by atoms with Crippen LogP contribution >= 0.6 is 0 Å². The molecular weight excluding hydrogens is 975 g/mol. The summed E-state index contributed by atoms with van der Waals surface area (Å²) in [6, 6.07) is 81.5. The third kappa shape index (κ3) is 7.57. The van der Waals surface area contributed by atoms with Gasteiger partial charge >= 0.3 is 0 Å². The summed E-state index contributed by atoms with van der Waals surface area (Å²) in [6.07, 6.45) is 1.94. The average Bonchev–Trinajstić information content (AvgIpc) is 2.79. The summed E-state index contributed by atoms with van der Waals surface area (Å²) in [6.45, 7) is 14.0. The van der Waals surface area contributed by atoms with E-state index in [1.807, 2.05) is 18.3 Å². The van der Waals surface area contributed by atoms with Crippen LogP contribution in [0.2, 0.25) is 0 Å². The van der Waals surface area contributed by atoms with Crippen molar-refractivity contribution in [1.82, 2.24) is 18.7 Å². The van der Waals surface area contributed by atoms with E-state index >= 15 is 0 Å². The highest BCUT2D eigenvalue weighted by Gasteiger charge is 2.27. The van der Waals surface area contributed by atoms with E-state index in [9.17, 15) is 0 Å². The molecule has 0 atom stereocenters. The molecule has 1 aliphatic heterocycles. The van der Waals surface area contributed by atoms with E-state index in [4.69, 9.17) is 11.1 Å². The lowest BCUT2D eigenvalue weighted by Gasteiger charge is -2.22. The van der Waals surface area contributed by atoms with Crippen molar-refractivity contribution in [3.05, 3.63) is 248 Å². The van der Waals surface area contributed by atoms with Gasteiger partial charge < -0.3 is 18.8 Å². The molecule has 0 unspecified atom stereocenters. The molecule has 0 saturated heterocycles. The maximum atomic E-state index is 9.11. The van der Waals surface area contributed by atoms with Gasteiger partial charge in [0, 0.05) is 67.6 Å². The van der Waals surface area contributed by atoms with Crippen molar-refractivity contribution in [2.24, 2.45) is 0 Å². The molecule has 5 heterocycles. The predicted octanol–water partition coefficient (Wildman–Crippen LogP) is 20.0. The van der Waals surface area contributed by atoms with Crippen molar-refractivity contribution in [2.45, 2.75) is 59.0 Å². The van der Waals surface area contributed by atoms with Crippen LogP contribution in [0, 0.1) is 0 Å². The van der Waals surface area contributed by atoms with Gasteiger partial charge in [-0.3, -0.25) is 4.57 Å². The summed E-state index contributed by atoms with van der Waals surface area (Å²) in [7, 11) is 0. The minimum absolute atomic E-state index is 0.0741. The Morgan fingerprint density at radius 1 is 0.412 bits per heavy atom. The Bertz CT molecular complexity index is 4950. The highest BCUT2D eigenvalue weighted by Crippen LogP contribution is 2.46. The zero-order valence-electron chi connectivity index (χ0n) is 46.8. The van der Waals surface area contributed by atoms with Crippen LogP contribution in [0.4, 0.5) is 11.4 Å². The molecule has 6 heteroatoms. The first-order chi connectivity index (χ1) is 39.3. The van der Waals surface area contributed by atoms with Crippen LogP contribution in [0.1, 0.15) is 54.0 Å². The lowest BCUT2D eigenvalue weighted by Crippen LogP contribution is -2.15. The van der Waals surface area contributed by atoms with Crippen molar-refractivity contribution in [1.29, 1.82) is 0 Å². The molecule has 0 N–H and O–H groups in total. The first-order valence-electron chi connectivity index (χ1n) is 28.3. The molecule has 4 aromatic heterocycles. The van der Waals surface area contributed by atoms with Crippen LogP contribution in [-0.2, 0) is 17.5 Å². The number of fused-ring (bicyclic) bond motifs is 13. The molecule has 10 aromatic carbocycles. The normalized spacial score (nSPS) is 13.0. The van der Waals surface area contributed by atoms with Gasteiger partial charge in [-0.15, -0.1) is 0 Å². The van der Waals surface area contributed by atoms with Crippen LogP contribution in [-0.4, -0.2) is 18.7 Å². The summed E-state index contributed by atoms with van der Waals surface area (Å²) in [5.41, 5.74) is 14.1. The van der Waals surface area contributed by atoms with Crippen molar-refractivity contribution in [3.8, 4) is 34.1 Å². The SMILES string of the molecule is [2H]c1cc(-c2cccc3c4ccccc4c4ccccc4c4cccc5c4n(c23)CN5c2cccc(Oc3ccc4c5cc(-n6c7ccccc7c7ccccc76)ccc5n(-c5cc(C(C)(C)C)ccn5)c4c3)c2)cc(C(C)(C)C)c1. The maximum absolute atomic E-state index is 9.11. The fourth-order valence-corrected chi connectivity index (χ4v) is 12.7. The van der Waals surface area contributed by atoms with Crippen molar-refractivity contribution in [3.63, 3.8) is 0 Å². The Labute approximate surface area is 466 Å². The third-order valence-electron chi connectivity index (χ3n) is 16.6. The summed E-state index contributed by atoms with van der Waals surface area (Å²) < 4.78 is 23.4. The number of anilines is 2. The largest absolute Gasteiger partial charge is 0.457 e. The Morgan fingerprint density at radius 2 is 0.988 bits per heavy atom. The van der Waals surface area contributed by atoms with Gasteiger partial charge in [-0.2, -0.15) is 0 Å². The second kappa shape index (κ2) is 17.9. The molecule has 14 aromatic rings. The van der Waals surface area contributed by atoms with Gasteiger partial charge in [-0.1, -0.05) is 187 Å². The third-order valence-corrected chi connectivity index (χ3v) is 16.6. The lowest BCUT2D eigenvalue weighted by atomic mass is 9.85. The Morgan fingerprint density at radius 3 is 1.69 bits per heavy atom. The molecule has 0 fully saturated rings. The van der Waals surface area contributed by atoms with Crippen LogP contribution in [0.3, 0.4) is 0 Å². The molecule has 0 radical (unpaired) electrons. The second-order valence-corrected chi connectivity index (χ2v) is 23.6. The quantitative estimate of drug-likeness (QED) is 0.167. The van der Waals surface area contributed by atoms with Crippen LogP contribution in [0.25, 0.3) is 110 Å². The number of nitrogens with zero attached hydrogens (tertiary/aromatic N) is 5. The fraction of sp³-hybridized carbons (Fsp3) is 0.122. The first-order valence-corrected chi connectivity index (χ1v) is 27.8. The average molecular weight is 1040 g/mol. The zero-order chi connectivity index (χ0) is 54.9. The van der Waals surface area contributed by atoms with Crippen LogP contribution in [0.5, 0.6) is 11.5 Å². The number of hydrogen-bond acceptors (Lipinski definition) is 3. The molecular formula is C74H59N5O. The number of hydrogen-bond donors (Lipinski definition) is 0. The molecule has 1 aliphatic rings. The van der Waals surface area contributed by atoms with E-state index in [1.54, 1.807) is 0 Å². The van der Waals surface area contributed by atoms with Crippen molar-refractivity contribution >= 4 is 98.3 Å². The minimum Gasteiger partial charge on any atom is -0.457 e. The number of pyridine rings is 1. The first kappa shape index (κ1) is 46.4. The molecule has 0 amide bonds. The smallest absolute Gasteiger partial charge is 0.137 e. The van der Waals surface area contributed by atoms with E-state index in [0.29, 0.717) is 12.7 Å². The minimum atomic E-state index is -0.142. The standard InChI is InChI=1S/C74H59N5O/c1-73(2,3)48-20-15-19-47(41-48)54-29-17-30-62-57-25-9-7-23-55(57)56-24-8-10-26-58(56)63-31-18-34-68-72(63)77(71(54)62)46-76(68)50-21-16-22-52(43-50)80-53-36-37-61-64-44-51(78-65-32-13-11-27-59(65)60-28-12-14-33-66(60)78)35-38-67(64)79(69(61)45-53)70-42-49(39-40-75-70)74(4,5)6/h7-45H,46H2,1-6H3/i15D. The van der Waals surface area contributed by atoms with E-state index in [-0.39, 0.29) is 10.8 Å². The van der Waals surface area contributed by atoms with Gasteiger partial charge in [0.15, 0.2) is 0 Å². The van der Waals surface area contributed by atoms with Crippen LogP contribution < -0.4 is 9.64 Å². The number of benzene rings is 10. The van der Waals surface area contributed by atoms with E-state index in [2.05, 4.69) is 272 Å². The van der Waals surface area contributed by atoms with Gasteiger partial charge in [0.25, 0.3) is 0 Å². The van der Waals surface area contributed by atoms with E-state index in [1.165, 1.54) is 48.9 Å². The number of para-hydroxylation sites is 4. The van der Waals surface area contributed by atoms with Gasteiger partial charge in [-0.25, -0.2) is 4.98 Å². The maximum Gasteiger partial charge on any atom is 0.137 e. The van der Waals surface area contributed by atoms with Crippen LogP contribution in [0.15, 0.2) is 237 Å². The summed E-state index contributed by atoms with van der Waals surface area (Å²) >= 11 is 0. The summed E-state index contributed by atoms with van der Waals surface area (Å²) in [5.74, 6) is 2.32. The van der Waals surface area contributed by atoms with Crippen molar-refractivity contribution < 1.29 is 6.11 Å². The zero-order valence-corrected chi connectivity index (χ0v) is 45.8. The molecule has 0 bridgehead atoms. The number of aromatic nitrogens is 4. The molecule has 386 valence electrons. The highest BCUT2D eigenvalue weighted by atomic mass is 16.5. The lowest BCUT2D eigenvalue weighted by molar-refractivity contribution is 0.483. The number of rotatable bonds is 6. The van der Waals surface area contributed by atoms with Gasteiger partial charge in [0.1, 0.15) is 24.0 Å². The molecule has 0 aliphatic carbocycles. The molecule has 0 saturated carbocycles.